The summed E-state index contributed by atoms with van der Waals surface area (Å²) in [5, 5.41) is 11.5. The number of hydrogen-bond acceptors (Lipinski definition) is 7. The highest BCUT2D eigenvalue weighted by atomic mass is 31.2. The smallest absolute Gasteiger partial charge is 0.394 e. The molecule has 0 radical (unpaired) electrons. The number of nitrogens with one attached hydrogen (secondary N) is 1. The Hall–Kier alpha value is -1.78. The molecule has 6 N–H and O–H groups in total. The van der Waals surface area contributed by atoms with Crippen molar-refractivity contribution in [1.29, 1.82) is 0 Å². The molecule has 0 saturated carbocycles. The number of nitrogen functional groups attached to an aromatic ring is 1. The quantitative estimate of drug-likeness (QED) is 0.346. The lowest BCUT2D eigenvalue weighted by Gasteiger charge is -2.23. The Labute approximate surface area is 125 Å². The van der Waals surface area contributed by atoms with Crippen LogP contribution in [0.2, 0.25) is 0 Å². The monoisotopic (exact) mass is 336 g/mol. The van der Waals surface area contributed by atoms with E-state index in [1.807, 2.05) is 0 Å². The van der Waals surface area contributed by atoms with Crippen molar-refractivity contribution in [2.24, 2.45) is 0 Å². The van der Waals surface area contributed by atoms with Crippen LogP contribution in [0.5, 0.6) is 0 Å². The molecular formula is C10H17N4O7P. The first-order valence-electron chi connectivity index (χ1n) is 6.09. The molecule has 0 aliphatic heterocycles. The van der Waals surface area contributed by atoms with E-state index in [1.165, 1.54) is 19.2 Å². The number of aromatic nitrogens is 2. The van der Waals surface area contributed by atoms with Gasteiger partial charge in [-0.1, -0.05) is 0 Å². The van der Waals surface area contributed by atoms with Crippen molar-refractivity contribution in [2.75, 3.05) is 12.3 Å². The van der Waals surface area contributed by atoms with Crippen molar-refractivity contribution < 1.29 is 28.8 Å². The van der Waals surface area contributed by atoms with Crippen molar-refractivity contribution in [3.05, 3.63) is 22.7 Å². The minimum atomic E-state index is -4.75. The van der Waals surface area contributed by atoms with Gasteiger partial charge in [-0.2, -0.15) is 4.98 Å². The van der Waals surface area contributed by atoms with Crippen LogP contribution in [0.25, 0.3) is 0 Å². The zero-order valence-electron chi connectivity index (χ0n) is 11.6. The second kappa shape index (κ2) is 7.47. The minimum absolute atomic E-state index is 0.0126. The van der Waals surface area contributed by atoms with E-state index < -0.39 is 44.7 Å². The lowest BCUT2D eigenvalue weighted by Crippen LogP contribution is -2.47. The van der Waals surface area contributed by atoms with E-state index in [1.54, 1.807) is 0 Å². The number of anilines is 1. The number of carbonyl (C=O) groups excluding carboxylic acids is 1. The molecule has 0 aliphatic carbocycles. The first-order valence-corrected chi connectivity index (χ1v) is 7.62. The molecule has 0 bridgehead atoms. The number of amides is 1. The van der Waals surface area contributed by atoms with Crippen LogP contribution in [0.15, 0.2) is 17.1 Å². The van der Waals surface area contributed by atoms with Gasteiger partial charge < -0.3 is 25.9 Å². The van der Waals surface area contributed by atoms with Crippen molar-refractivity contribution in [2.45, 2.75) is 25.6 Å². The van der Waals surface area contributed by atoms with E-state index in [0.29, 0.717) is 0 Å². The molecule has 11 nitrogen and oxygen atoms in total. The summed E-state index contributed by atoms with van der Waals surface area (Å²) in [7, 11) is -4.75. The molecule has 124 valence electrons. The van der Waals surface area contributed by atoms with Gasteiger partial charge in [0.15, 0.2) is 0 Å². The third-order valence-electron chi connectivity index (χ3n) is 2.62. The molecule has 2 atom stereocenters. The fourth-order valence-corrected chi connectivity index (χ4v) is 2.15. The predicted molar refractivity (Wildman–Crippen MR) is 74.5 cm³/mol. The Morgan fingerprint density at radius 1 is 1.59 bits per heavy atom. The average Bonchev–Trinajstić information content (AvgIpc) is 2.37. The van der Waals surface area contributed by atoms with Crippen LogP contribution in [0, 0.1) is 0 Å². The van der Waals surface area contributed by atoms with E-state index in [-0.39, 0.29) is 5.82 Å². The number of carbonyl (C=O) groups is 1. The highest BCUT2D eigenvalue weighted by molar-refractivity contribution is 7.46. The third-order valence-corrected chi connectivity index (χ3v) is 3.23. The lowest BCUT2D eigenvalue weighted by atomic mass is 10.2. The van der Waals surface area contributed by atoms with E-state index in [2.05, 4.69) is 14.8 Å². The Bertz CT molecular complexity index is 628. The van der Waals surface area contributed by atoms with Gasteiger partial charge in [-0.25, -0.2) is 9.36 Å². The molecule has 0 fully saturated rings. The Morgan fingerprint density at radius 2 is 2.23 bits per heavy atom. The number of nitrogens with zero attached hydrogens (tertiary/aromatic N) is 2. The number of aliphatic hydroxyl groups is 1. The van der Waals surface area contributed by atoms with Crippen molar-refractivity contribution in [3.8, 4) is 0 Å². The van der Waals surface area contributed by atoms with E-state index in [9.17, 15) is 14.2 Å². The molecule has 0 saturated heterocycles. The third kappa shape index (κ3) is 5.92. The number of phosphoric ester groups is 1. The molecule has 22 heavy (non-hydrogen) atoms. The number of rotatable bonds is 7. The summed E-state index contributed by atoms with van der Waals surface area (Å²) < 4.78 is 16.1. The maximum absolute atomic E-state index is 11.8. The van der Waals surface area contributed by atoms with E-state index in [4.69, 9.17) is 20.6 Å². The number of hydrogen-bond donors (Lipinski definition) is 5. The first kappa shape index (κ1) is 18.3. The Kier molecular flexibility index (Phi) is 6.21. The number of aliphatic hydroxyl groups excluding tert-OH is 1. The Balaban J connectivity index is 2.69. The summed E-state index contributed by atoms with van der Waals surface area (Å²) in [4.78, 5) is 44.1. The van der Waals surface area contributed by atoms with Crippen molar-refractivity contribution in [3.63, 3.8) is 0 Å². The van der Waals surface area contributed by atoms with Gasteiger partial charge in [0.1, 0.15) is 12.4 Å². The summed E-state index contributed by atoms with van der Waals surface area (Å²) in [6.07, 6.45) is 0.129. The Morgan fingerprint density at radius 3 is 2.73 bits per heavy atom. The van der Waals surface area contributed by atoms with E-state index in [0.717, 1.165) is 4.57 Å². The van der Waals surface area contributed by atoms with Gasteiger partial charge in [0, 0.05) is 6.20 Å². The van der Waals surface area contributed by atoms with Crippen LogP contribution in [0.4, 0.5) is 5.82 Å². The molecule has 0 aromatic carbocycles. The molecule has 1 amide bonds. The molecule has 1 rings (SSSR count). The van der Waals surface area contributed by atoms with Gasteiger partial charge in [0.05, 0.1) is 18.8 Å². The normalized spacial score (nSPS) is 14.4. The van der Waals surface area contributed by atoms with Crippen LogP contribution < -0.4 is 16.7 Å². The largest absolute Gasteiger partial charge is 0.469 e. The van der Waals surface area contributed by atoms with Crippen LogP contribution >= 0.6 is 7.82 Å². The summed E-state index contributed by atoms with van der Waals surface area (Å²) in [6.45, 7) is 0.268. The second-order valence-electron chi connectivity index (χ2n) is 4.42. The highest BCUT2D eigenvalue weighted by Gasteiger charge is 2.26. The average molecular weight is 336 g/mol. The van der Waals surface area contributed by atoms with Gasteiger partial charge >= 0.3 is 13.5 Å². The number of nitrogens with two attached hydrogens (primary N) is 1. The summed E-state index contributed by atoms with van der Waals surface area (Å²) in [5.41, 5.74) is 4.58. The zero-order chi connectivity index (χ0) is 16.9. The molecule has 1 heterocycles. The second-order valence-corrected chi connectivity index (χ2v) is 5.61. The van der Waals surface area contributed by atoms with Gasteiger partial charge in [-0.05, 0) is 13.0 Å². The van der Waals surface area contributed by atoms with Gasteiger partial charge in [-0.3, -0.25) is 13.9 Å². The van der Waals surface area contributed by atoms with Crippen LogP contribution in [0.3, 0.4) is 0 Å². The SMILES string of the molecule is C[C@@H](OP(=O)(O)O)[C@@H](CO)NC(=O)Cn1ccc(N)nc1=O. The molecule has 0 spiro atoms. The van der Waals surface area contributed by atoms with Crippen LogP contribution in [0.1, 0.15) is 6.92 Å². The molecule has 0 aliphatic rings. The minimum Gasteiger partial charge on any atom is -0.394 e. The van der Waals surface area contributed by atoms with E-state index >= 15 is 0 Å². The fraction of sp³-hybridized carbons (Fsp3) is 0.500. The summed E-state index contributed by atoms with van der Waals surface area (Å²) in [6, 6.07) is 0.273. The first-order chi connectivity index (χ1) is 10.1. The predicted octanol–water partition coefficient (Wildman–Crippen LogP) is -2.20. The summed E-state index contributed by atoms with van der Waals surface area (Å²) >= 11 is 0. The summed E-state index contributed by atoms with van der Waals surface area (Å²) in [5.74, 6) is -0.660. The molecular weight excluding hydrogens is 319 g/mol. The van der Waals surface area contributed by atoms with Crippen molar-refractivity contribution >= 4 is 19.5 Å². The maximum Gasteiger partial charge on any atom is 0.469 e. The molecule has 1 aromatic rings. The standard InChI is InChI=1S/C10H17N4O7P/c1-6(21-22(18,19)20)7(5-15)12-9(16)4-14-3-2-8(11)13-10(14)17/h2-3,6-7,15H,4-5H2,1H3,(H,12,16)(H2,11,13,17)(H2,18,19,20)/t6-,7-/m1/s1. The molecule has 12 heteroatoms. The molecule has 0 unspecified atom stereocenters. The maximum atomic E-state index is 11.8. The van der Waals surface area contributed by atoms with Crippen molar-refractivity contribution in [1.82, 2.24) is 14.9 Å². The van der Waals surface area contributed by atoms with Crippen LogP contribution in [-0.4, -0.2) is 49.1 Å². The van der Waals surface area contributed by atoms with Gasteiger partial charge in [0.2, 0.25) is 5.91 Å². The van der Waals surface area contributed by atoms with Gasteiger partial charge in [0.25, 0.3) is 0 Å². The number of phosphoric acid groups is 1. The molecule has 1 aromatic heterocycles. The lowest BCUT2D eigenvalue weighted by molar-refractivity contribution is -0.123. The topological polar surface area (TPSA) is 177 Å². The van der Waals surface area contributed by atoms with Crippen LogP contribution in [-0.2, 0) is 20.4 Å². The fourth-order valence-electron chi connectivity index (χ4n) is 1.57. The zero-order valence-corrected chi connectivity index (χ0v) is 12.5. The van der Waals surface area contributed by atoms with Gasteiger partial charge in [-0.15, -0.1) is 0 Å². The highest BCUT2D eigenvalue weighted by Crippen LogP contribution is 2.38.